The molecule has 6 N–H and O–H groups in total. The third kappa shape index (κ3) is 5.25. The minimum atomic E-state index is -1.32. The Morgan fingerprint density at radius 1 is 1.13 bits per heavy atom. The highest BCUT2D eigenvalue weighted by molar-refractivity contribution is 5.94. The zero-order chi connectivity index (χ0) is 23.5. The number of carbonyl (C=O) groups is 4. The van der Waals surface area contributed by atoms with Crippen LogP contribution >= 0.6 is 0 Å². The number of hydrogen-bond acceptors (Lipinski definition) is 8. The number of amides is 4. The van der Waals surface area contributed by atoms with Crippen molar-refractivity contribution in [2.75, 3.05) is 19.6 Å². The van der Waals surface area contributed by atoms with Crippen LogP contribution in [0.2, 0.25) is 0 Å². The average molecular weight is 441 g/mol. The van der Waals surface area contributed by atoms with Crippen molar-refractivity contribution >= 4 is 23.6 Å². The minimum absolute atomic E-state index is 0.104. The topological polar surface area (TPSA) is 192 Å². The number of primary amides is 1. The van der Waals surface area contributed by atoms with Crippen molar-refractivity contribution in [1.82, 2.24) is 9.80 Å². The highest BCUT2D eigenvalue weighted by Gasteiger charge is 2.50. The van der Waals surface area contributed by atoms with Gasteiger partial charge in [0, 0.05) is 19.6 Å². The van der Waals surface area contributed by atoms with Gasteiger partial charge in [-0.2, -0.15) is 5.11 Å². The van der Waals surface area contributed by atoms with Gasteiger partial charge < -0.3 is 31.5 Å². The maximum Gasteiger partial charge on any atom is 0.269 e. The second-order valence-corrected chi connectivity index (χ2v) is 8.51. The smallest absolute Gasteiger partial charge is 0.269 e. The number of hydrogen-bond donors (Lipinski definition) is 4. The van der Waals surface area contributed by atoms with Crippen LogP contribution in [0.5, 0.6) is 0 Å². The van der Waals surface area contributed by atoms with Crippen molar-refractivity contribution in [3.8, 4) is 0 Å². The summed E-state index contributed by atoms with van der Waals surface area (Å²) in [6, 6.07) is -2.44. The number of rotatable bonds is 7. The zero-order valence-electron chi connectivity index (χ0n) is 18.1. The lowest BCUT2D eigenvalue weighted by Crippen LogP contribution is -2.60. The molecule has 0 aliphatic carbocycles. The van der Waals surface area contributed by atoms with Crippen LogP contribution in [0.3, 0.4) is 0 Å². The molecule has 174 valence electrons. The largest absolute Gasteiger partial charge is 0.391 e. The molecule has 0 saturated carbocycles. The number of nitrogens with two attached hydrogens (primary N) is 2. The maximum atomic E-state index is 13.3. The first-order chi connectivity index (χ1) is 14.4. The fourth-order valence-corrected chi connectivity index (χ4v) is 4.00. The molecule has 2 aliphatic rings. The SMILES string of the molecule is C[C@@H](O)[C@H](N)C(=O)N1CCC[C@]1(C)C(=O)N1CCC(C(=O)N=N[C@H](C(N)=O)[C@@H](C)O)C1. The summed E-state index contributed by atoms with van der Waals surface area (Å²) in [4.78, 5) is 52.5. The zero-order valence-corrected chi connectivity index (χ0v) is 18.1. The first-order valence-corrected chi connectivity index (χ1v) is 10.4. The number of likely N-dealkylation sites (tertiary alicyclic amines) is 2. The van der Waals surface area contributed by atoms with Gasteiger partial charge in [0.1, 0.15) is 11.6 Å². The Labute approximate surface area is 180 Å². The lowest BCUT2D eigenvalue weighted by Gasteiger charge is -2.38. The quantitative estimate of drug-likeness (QED) is 0.333. The Bertz CT molecular complexity index is 756. The Morgan fingerprint density at radius 3 is 2.32 bits per heavy atom. The molecule has 2 heterocycles. The lowest BCUT2D eigenvalue weighted by atomic mass is 9.95. The summed E-state index contributed by atoms with van der Waals surface area (Å²) >= 11 is 0. The summed E-state index contributed by atoms with van der Waals surface area (Å²) in [6.07, 6.45) is -0.796. The van der Waals surface area contributed by atoms with E-state index in [-0.39, 0.29) is 12.5 Å². The van der Waals surface area contributed by atoms with Gasteiger partial charge in [0.2, 0.25) is 17.7 Å². The van der Waals surface area contributed by atoms with E-state index in [1.807, 2.05) is 0 Å². The van der Waals surface area contributed by atoms with Gasteiger partial charge in [0.05, 0.1) is 18.1 Å². The third-order valence-electron chi connectivity index (χ3n) is 6.03. The van der Waals surface area contributed by atoms with E-state index in [4.69, 9.17) is 11.5 Å². The van der Waals surface area contributed by atoms with Gasteiger partial charge in [-0.25, -0.2) is 0 Å². The predicted octanol–water partition coefficient (Wildman–Crippen LogP) is -1.86. The molecule has 6 atom stereocenters. The molecular weight excluding hydrogens is 408 g/mol. The molecule has 2 rings (SSSR count). The van der Waals surface area contributed by atoms with Gasteiger partial charge in [-0.15, -0.1) is 5.11 Å². The van der Waals surface area contributed by atoms with Gasteiger partial charge in [-0.1, -0.05) is 0 Å². The number of aliphatic hydroxyl groups excluding tert-OH is 2. The van der Waals surface area contributed by atoms with E-state index in [9.17, 15) is 29.4 Å². The summed E-state index contributed by atoms with van der Waals surface area (Å²) in [6.45, 7) is 5.17. The van der Waals surface area contributed by atoms with Crippen LogP contribution in [0, 0.1) is 5.92 Å². The summed E-state index contributed by atoms with van der Waals surface area (Å²) in [5.41, 5.74) is 9.81. The van der Waals surface area contributed by atoms with Crippen molar-refractivity contribution in [2.45, 2.75) is 69.9 Å². The van der Waals surface area contributed by atoms with E-state index in [1.165, 1.54) is 23.6 Å². The molecule has 0 spiro atoms. The first-order valence-electron chi connectivity index (χ1n) is 10.4. The number of aliphatic hydroxyl groups is 2. The molecule has 4 amide bonds. The number of carbonyl (C=O) groups excluding carboxylic acids is 4. The van der Waals surface area contributed by atoms with E-state index in [0.717, 1.165) is 0 Å². The average Bonchev–Trinajstić information content (AvgIpc) is 3.33. The molecule has 31 heavy (non-hydrogen) atoms. The van der Waals surface area contributed by atoms with E-state index in [2.05, 4.69) is 10.2 Å². The molecule has 0 aromatic carbocycles. The highest BCUT2D eigenvalue weighted by atomic mass is 16.3. The normalized spacial score (nSPS) is 27.9. The van der Waals surface area contributed by atoms with Crippen molar-refractivity contribution in [3.63, 3.8) is 0 Å². The molecule has 2 aliphatic heterocycles. The molecule has 12 nitrogen and oxygen atoms in total. The van der Waals surface area contributed by atoms with E-state index >= 15 is 0 Å². The fraction of sp³-hybridized carbons (Fsp3) is 0.789. The molecule has 0 radical (unpaired) electrons. The second kappa shape index (κ2) is 9.79. The van der Waals surface area contributed by atoms with Crippen LogP contribution in [0.4, 0.5) is 0 Å². The summed E-state index contributed by atoms with van der Waals surface area (Å²) in [5.74, 6) is -2.89. The lowest BCUT2D eigenvalue weighted by molar-refractivity contribution is -0.151. The fourth-order valence-electron chi connectivity index (χ4n) is 4.00. The van der Waals surface area contributed by atoms with Crippen LogP contribution < -0.4 is 11.5 Å². The van der Waals surface area contributed by atoms with Gasteiger partial charge in [-0.3, -0.25) is 19.2 Å². The molecule has 0 bridgehead atoms. The Kier molecular flexibility index (Phi) is 7.84. The van der Waals surface area contributed by atoms with Gasteiger partial charge in [-0.05, 0) is 40.0 Å². The third-order valence-corrected chi connectivity index (χ3v) is 6.03. The van der Waals surface area contributed by atoms with E-state index < -0.39 is 53.5 Å². The van der Waals surface area contributed by atoms with E-state index in [1.54, 1.807) is 6.92 Å². The van der Waals surface area contributed by atoms with Crippen molar-refractivity contribution < 1.29 is 29.4 Å². The highest BCUT2D eigenvalue weighted by Crippen LogP contribution is 2.33. The molecule has 12 heteroatoms. The van der Waals surface area contributed by atoms with Gasteiger partial charge >= 0.3 is 0 Å². The first kappa shape index (κ1) is 24.8. The molecule has 1 unspecified atom stereocenters. The Morgan fingerprint density at radius 2 is 1.77 bits per heavy atom. The molecule has 0 aromatic rings. The van der Waals surface area contributed by atoms with Crippen LogP contribution in [-0.4, -0.2) is 93.1 Å². The summed E-state index contributed by atoms with van der Waals surface area (Å²) in [7, 11) is 0. The second-order valence-electron chi connectivity index (χ2n) is 8.51. The summed E-state index contributed by atoms with van der Waals surface area (Å²) < 4.78 is 0. The predicted molar refractivity (Wildman–Crippen MR) is 108 cm³/mol. The molecule has 2 saturated heterocycles. The molecule has 0 aromatic heterocycles. The molecular formula is C19H32N6O6. The minimum Gasteiger partial charge on any atom is -0.391 e. The maximum absolute atomic E-state index is 13.3. The van der Waals surface area contributed by atoms with Crippen LogP contribution in [0.1, 0.15) is 40.0 Å². The van der Waals surface area contributed by atoms with Gasteiger partial charge in [0.15, 0.2) is 6.04 Å². The standard InChI is InChI=1S/C19H32N6O6/c1-10(26)13(20)17(30)25-7-4-6-19(25,3)18(31)24-8-5-12(9-24)16(29)23-22-14(11(2)27)15(21)28/h10-14,26-27H,4-9,20H2,1-3H3,(H2,21,28)/t10-,11-,12?,13+,14+,19-/m1/s1. The Hall–Kier alpha value is -2.44. The number of azo groups is 1. The summed E-state index contributed by atoms with van der Waals surface area (Å²) in [5, 5.41) is 26.2. The number of nitrogens with zero attached hydrogens (tertiary/aromatic N) is 4. The van der Waals surface area contributed by atoms with Crippen LogP contribution in [0.25, 0.3) is 0 Å². The Balaban J connectivity index is 2.06. The van der Waals surface area contributed by atoms with Crippen molar-refractivity contribution in [2.24, 2.45) is 27.6 Å². The molecule has 2 fully saturated rings. The van der Waals surface area contributed by atoms with Crippen molar-refractivity contribution in [1.29, 1.82) is 0 Å². The monoisotopic (exact) mass is 440 g/mol. The van der Waals surface area contributed by atoms with Gasteiger partial charge in [0.25, 0.3) is 5.91 Å². The van der Waals surface area contributed by atoms with Crippen LogP contribution in [0.15, 0.2) is 10.2 Å². The van der Waals surface area contributed by atoms with Crippen LogP contribution in [-0.2, 0) is 19.2 Å². The van der Waals surface area contributed by atoms with E-state index in [0.29, 0.717) is 32.4 Å². The van der Waals surface area contributed by atoms with Crippen molar-refractivity contribution in [3.05, 3.63) is 0 Å².